The van der Waals surface area contributed by atoms with E-state index < -0.39 is 0 Å². The van der Waals surface area contributed by atoms with Gasteiger partial charge in [-0.2, -0.15) is 9.78 Å². The van der Waals surface area contributed by atoms with Gasteiger partial charge in [0.25, 0.3) is 0 Å². The molecule has 0 aliphatic heterocycles. The maximum atomic E-state index is 10.4. The summed E-state index contributed by atoms with van der Waals surface area (Å²) in [5.74, 6) is 0.658. The summed E-state index contributed by atoms with van der Waals surface area (Å²) < 4.78 is 3.20. The molecule has 0 spiro atoms. The number of hydrogen-bond acceptors (Lipinski definition) is 4. The number of aromatic nitrogens is 5. The second kappa shape index (κ2) is 3.06. The van der Waals surface area contributed by atoms with Crippen LogP contribution in [0.1, 0.15) is 16.2 Å². The molecule has 0 radical (unpaired) electrons. The zero-order valence-corrected chi connectivity index (χ0v) is 7.88. The van der Waals surface area contributed by atoms with Crippen LogP contribution in [0.4, 0.5) is 0 Å². The summed E-state index contributed by atoms with van der Waals surface area (Å²) >= 11 is 0. The van der Waals surface area contributed by atoms with Crippen LogP contribution in [-0.2, 0) is 7.05 Å². The van der Waals surface area contributed by atoms with Crippen LogP contribution in [0.2, 0.25) is 0 Å². The van der Waals surface area contributed by atoms with Crippen molar-refractivity contribution >= 4 is 6.29 Å². The number of aryl methyl sites for hydroxylation is 2. The van der Waals surface area contributed by atoms with Crippen LogP contribution in [0.5, 0.6) is 0 Å². The van der Waals surface area contributed by atoms with Crippen molar-refractivity contribution in [3.05, 3.63) is 23.7 Å². The Kier molecular flexibility index (Phi) is 1.88. The predicted molar refractivity (Wildman–Crippen MR) is 48.2 cm³/mol. The van der Waals surface area contributed by atoms with Crippen molar-refractivity contribution in [3.63, 3.8) is 0 Å². The summed E-state index contributed by atoms with van der Waals surface area (Å²) in [6.45, 7) is 1.94. The van der Waals surface area contributed by atoms with Crippen LogP contribution in [0.3, 0.4) is 0 Å². The van der Waals surface area contributed by atoms with Gasteiger partial charge in [-0.25, -0.2) is 0 Å². The summed E-state index contributed by atoms with van der Waals surface area (Å²) in [6, 6.07) is 1.86. The largest absolute Gasteiger partial charge is 0.296 e. The Balaban J connectivity index is 2.43. The molecule has 0 saturated carbocycles. The van der Waals surface area contributed by atoms with Gasteiger partial charge in [0.15, 0.2) is 12.1 Å². The van der Waals surface area contributed by atoms with Crippen LogP contribution in [0, 0.1) is 6.92 Å². The van der Waals surface area contributed by atoms with Crippen LogP contribution in [0.15, 0.2) is 12.3 Å². The Morgan fingerprint density at radius 2 is 2.29 bits per heavy atom. The van der Waals surface area contributed by atoms with Crippen LogP contribution in [0.25, 0.3) is 5.82 Å². The van der Waals surface area contributed by atoms with E-state index in [0.717, 1.165) is 5.69 Å². The highest BCUT2D eigenvalue weighted by Crippen LogP contribution is 2.05. The van der Waals surface area contributed by atoms with E-state index in [4.69, 9.17) is 0 Å². The summed E-state index contributed by atoms with van der Waals surface area (Å²) in [5.41, 5.74) is 1.32. The monoisotopic (exact) mass is 191 g/mol. The molecule has 72 valence electrons. The lowest BCUT2D eigenvalue weighted by molar-refractivity contribution is 0.111. The topological polar surface area (TPSA) is 65.6 Å². The number of aldehydes is 1. The molecule has 0 aliphatic carbocycles. The highest BCUT2D eigenvalue weighted by atomic mass is 16.1. The normalized spacial score (nSPS) is 10.4. The average Bonchev–Trinajstić information content (AvgIpc) is 2.74. The lowest BCUT2D eigenvalue weighted by Gasteiger charge is -1.90. The number of rotatable bonds is 2. The first-order valence-corrected chi connectivity index (χ1v) is 4.09. The number of nitrogens with zero attached hydrogens (tertiary/aromatic N) is 5. The van der Waals surface area contributed by atoms with Gasteiger partial charge in [0.05, 0.1) is 6.20 Å². The fraction of sp³-hybridized carbons (Fsp3) is 0.250. The molecule has 2 rings (SSSR count). The molecular formula is C8H9N5O. The van der Waals surface area contributed by atoms with Crippen molar-refractivity contribution in [2.45, 2.75) is 6.92 Å². The van der Waals surface area contributed by atoms with E-state index in [1.165, 1.54) is 10.9 Å². The van der Waals surface area contributed by atoms with Gasteiger partial charge >= 0.3 is 0 Å². The van der Waals surface area contributed by atoms with Crippen molar-refractivity contribution in [1.29, 1.82) is 0 Å². The number of carbonyl (C=O) groups is 1. The van der Waals surface area contributed by atoms with Crippen molar-refractivity contribution in [1.82, 2.24) is 24.8 Å². The van der Waals surface area contributed by atoms with Crippen molar-refractivity contribution in [3.8, 4) is 5.82 Å². The van der Waals surface area contributed by atoms with Crippen LogP contribution < -0.4 is 0 Å². The molecule has 0 aliphatic rings. The first-order chi connectivity index (χ1) is 6.70. The highest BCUT2D eigenvalue weighted by Gasteiger charge is 2.05. The first kappa shape index (κ1) is 8.61. The van der Waals surface area contributed by atoms with E-state index in [-0.39, 0.29) is 0 Å². The van der Waals surface area contributed by atoms with Gasteiger partial charge in [-0.3, -0.25) is 9.48 Å². The second-order valence-corrected chi connectivity index (χ2v) is 2.97. The Hall–Kier alpha value is -1.98. The fourth-order valence-electron chi connectivity index (χ4n) is 1.10. The van der Waals surface area contributed by atoms with E-state index in [1.807, 2.05) is 20.0 Å². The quantitative estimate of drug-likeness (QED) is 0.632. The number of carbonyl (C=O) groups excluding carboxylic acids is 1. The molecule has 0 aromatic carbocycles. The van der Waals surface area contributed by atoms with Crippen LogP contribution >= 0.6 is 0 Å². The van der Waals surface area contributed by atoms with Crippen molar-refractivity contribution in [2.75, 3.05) is 0 Å². The molecule has 0 unspecified atom stereocenters. The number of hydrogen-bond donors (Lipinski definition) is 0. The van der Waals surface area contributed by atoms with Gasteiger partial charge in [0, 0.05) is 18.8 Å². The standard InChI is InChI=1S/C8H9N5O/c1-6-3-8(10-12(6)2)13-4-7(5-14)9-11-13/h3-5H,1-2H3. The summed E-state index contributed by atoms with van der Waals surface area (Å²) in [5, 5.41) is 11.6. The smallest absolute Gasteiger partial charge is 0.177 e. The molecule has 0 N–H and O–H groups in total. The lowest BCUT2D eigenvalue weighted by atomic mass is 10.4. The predicted octanol–water partition coefficient (Wildman–Crippen LogP) is 0.122. The van der Waals surface area contributed by atoms with Gasteiger partial charge in [-0.1, -0.05) is 5.21 Å². The van der Waals surface area contributed by atoms with E-state index in [2.05, 4.69) is 15.4 Å². The van der Waals surface area contributed by atoms with Crippen LogP contribution in [-0.4, -0.2) is 31.1 Å². The van der Waals surface area contributed by atoms with E-state index in [1.54, 1.807) is 4.68 Å². The zero-order valence-electron chi connectivity index (χ0n) is 7.88. The molecule has 2 aromatic heterocycles. The maximum Gasteiger partial charge on any atom is 0.177 e. The third kappa shape index (κ3) is 1.30. The molecule has 14 heavy (non-hydrogen) atoms. The Labute approximate surface area is 80.1 Å². The van der Waals surface area contributed by atoms with Crippen molar-refractivity contribution < 1.29 is 4.79 Å². The molecule has 0 atom stereocenters. The minimum absolute atomic E-state index is 0.299. The molecule has 2 aromatic rings. The van der Waals surface area contributed by atoms with Gasteiger partial charge < -0.3 is 0 Å². The summed E-state index contributed by atoms with van der Waals surface area (Å²) in [7, 11) is 1.84. The minimum atomic E-state index is 0.299. The second-order valence-electron chi connectivity index (χ2n) is 2.97. The lowest BCUT2D eigenvalue weighted by Crippen LogP contribution is -1.98. The maximum absolute atomic E-state index is 10.4. The molecular weight excluding hydrogens is 182 g/mol. The average molecular weight is 191 g/mol. The Morgan fingerprint density at radius 1 is 1.50 bits per heavy atom. The summed E-state index contributed by atoms with van der Waals surface area (Å²) in [4.78, 5) is 10.4. The highest BCUT2D eigenvalue weighted by molar-refractivity contribution is 5.70. The van der Waals surface area contributed by atoms with Gasteiger partial charge in [0.1, 0.15) is 5.69 Å². The minimum Gasteiger partial charge on any atom is -0.296 e. The third-order valence-electron chi connectivity index (χ3n) is 1.97. The van der Waals surface area contributed by atoms with Gasteiger partial charge in [0.2, 0.25) is 0 Å². The Bertz CT molecular complexity index is 450. The molecule has 0 amide bonds. The van der Waals surface area contributed by atoms with E-state index in [0.29, 0.717) is 17.8 Å². The molecule has 0 fully saturated rings. The van der Waals surface area contributed by atoms with E-state index >= 15 is 0 Å². The molecule has 0 saturated heterocycles. The zero-order chi connectivity index (χ0) is 10.1. The third-order valence-corrected chi connectivity index (χ3v) is 1.97. The van der Waals surface area contributed by atoms with Gasteiger partial charge in [-0.05, 0) is 6.92 Å². The fourth-order valence-corrected chi connectivity index (χ4v) is 1.10. The van der Waals surface area contributed by atoms with E-state index in [9.17, 15) is 4.79 Å². The molecule has 2 heterocycles. The molecule has 0 bridgehead atoms. The van der Waals surface area contributed by atoms with Crippen molar-refractivity contribution in [2.24, 2.45) is 7.05 Å². The first-order valence-electron chi connectivity index (χ1n) is 4.09. The van der Waals surface area contributed by atoms with Gasteiger partial charge in [-0.15, -0.1) is 5.10 Å². The Morgan fingerprint density at radius 3 is 2.79 bits per heavy atom. The molecule has 6 nitrogen and oxygen atoms in total. The molecule has 6 heteroatoms. The SMILES string of the molecule is Cc1cc(-n2cc(C=O)nn2)nn1C. The summed E-state index contributed by atoms with van der Waals surface area (Å²) in [6.07, 6.45) is 2.19.